The highest BCUT2D eigenvalue weighted by atomic mass is 32.1. The molecular formula is C15H28N2S. The van der Waals surface area contributed by atoms with Gasteiger partial charge in [-0.15, -0.1) is 0 Å². The molecule has 3 atom stereocenters. The number of nitrogens with one attached hydrogen (secondary N) is 2. The van der Waals surface area contributed by atoms with E-state index in [4.69, 9.17) is 12.2 Å². The van der Waals surface area contributed by atoms with E-state index in [0.717, 1.165) is 16.9 Å². The van der Waals surface area contributed by atoms with Gasteiger partial charge < -0.3 is 10.6 Å². The van der Waals surface area contributed by atoms with Gasteiger partial charge in [0.05, 0.1) is 0 Å². The van der Waals surface area contributed by atoms with Gasteiger partial charge in [0.2, 0.25) is 0 Å². The molecule has 2 fully saturated rings. The zero-order valence-electron chi connectivity index (χ0n) is 11.9. The quantitative estimate of drug-likeness (QED) is 0.765. The Balaban J connectivity index is 1.74. The first-order chi connectivity index (χ1) is 8.70. The highest BCUT2D eigenvalue weighted by molar-refractivity contribution is 7.80. The summed E-state index contributed by atoms with van der Waals surface area (Å²) in [4.78, 5) is 0. The van der Waals surface area contributed by atoms with E-state index in [2.05, 4.69) is 24.5 Å². The van der Waals surface area contributed by atoms with Crippen molar-refractivity contribution >= 4 is 17.3 Å². The van der Waals surface area contributed by atoms with Crippen LogP contribution in [0.25, 0.3) is 0 Å². The van der Waals surface area contributed by atoms with E-state index in [-0.39, 0.29) is 0 Å². The van der Waals surface area contributed by atoms with Crippen molar-refractivity contribution in [2.45, 2.75) is 77.3 Å². The Kier molecular flexibility index (Phi) is 5.28. The van der Waals surface area contributed by atoms with E-state index in [9.17, 15) is 0 Å². The minimum absolute atomic E-state index is 0.596. The third-order valence-electron chi connectivity index (χ3n) is 5.01. The molecule has 0 bridgehead atoms. The lowest BCUT2D eigenvalue weighted by molar-refractivity contribution is 0.363. The molecule has 0 aromatic heterocycles. The Labute approximate surface area is 117 Å². The van der Waals surface area contributed by atoms with Crippen molar-refractivity contribution in [2.24, 2.45) is 11.8 Å². The monoisotopic (exact) mass is 268 g/mol. The van der Waals surface area contributed by atoms with Crippen molar-refractivity contribution in [2.75, 3.05) is 0 Å². The molecule has 0 aliphatic heterocycles. The summed E-state index contributed by atoms with van der Waals surface area (Å²) in [5, 5.41) is 7.98. The van der Waals surface area contributed by atoms with Crippen LogP contribution in [0.5, 0.6) is 0 Å². The van der Waals surface area contributed by atoms with E-state index >= 15 is 0 Å². The zero-order valence-corrected chi connectivity index (χ0v) is 12.7. The number of hydrogen-bond acceptors (Lipinski definition) is 1. The summed E-state index contributed by atoms with van der Waals surface area (Å²) in [6, 6.07) is 1.22. The average Bonchev–Trinajstić information content (AvgIpc) is 2.71. The molecule has 3 unspecified atom stereocenters. The van der Waals surface area contributed by atoms with Crippen LogP contribution in [0.1, 0.15) is 65.2 Å². The SMILES string of the molecule is CCC1CCC(NC(=S)NC2CCCCC2)C1C. The average molecular weight is 268 g/mol. The van der Waals surface area contributed by atoms with Crippen LogP contribution in [-0.2, 0) is 0 Å². The molecule has 2 aliphatic carbocycles. The summed E-state index contributed by atoms with van der Waals surface area (Å²) in [5.74, 6) is 1.65. The van der Waals surface area contributed by atoms with E-state index in [1.54, 1.807) is 0 Å². The lowest BCUT2D eigenvalue weighted by Crippen LogP contribution is -2.47. The van der Waals surface area contributed by atoms with Gasteiger partial charge in [-0.25, -0.2) is 0 Å². The second-order valence-electron chi connectivity index (χ2n) is 6.16. The van der Waals surface area contributed by atoms with Gasteiger partial charge in [-0.05, 0) is 49.7 Å². The Morgan fingerprint density at radius 1 is 1.06 bits per heavy atom. The zero-order chi connectivity index (χ0) is 13.0. The van der Waals surface area contributed by atoms with Crippen LogP contribution < -0.4 is 10.6 Å². The smallest absolute Gasteiger partial charge is 0.166 e. The van der Waals surface area contributed by atoms with Gasteiger partial charge in [0, 0.05) is 12.1 Å². The summed E-state index contributed by atoms with van der Waals surface area (Å²) in [6.45, 7) is 4.68. The molecule has 2 aliphatic rings. The van der Waals surface area contributed by atoms with Crippen LogP contribution >= 0.6 is 12.2 Å². The standard InChI is InChI=1S/C15H28N2S/c1-3-12-9-10-14(11(12)2)17-15(18)16-13-7-5-4-6-8-13/h11-14H,3-10H2,1-2H3,(H2,16,17,18). The number of hydrogen-bond donors (Lipinski definition) is 2. The van der Waals surface area contributed by atoms with Gasteiger partial charge in [-0.3, -0.25) is 0 Å². The van der Waals surface area contributed by atoms with Crippen molar-refractivity contribution in [3.63, 3.8) is 0 Å². The van der Waals surface area contributed by atoms with E-state index in [0.29, 0.717) is 12.1 Å². The Morgan fingerprint density at radius 3 is 2.39 bits per heavy atom. The third-order valence-corrected chi connectivity index (χ3v) is 5.24. The molecule has 0 spiro atoms. The summed E-state index contributed by atoms with van der Waals surface area (Å²) < 4.78 is 0. The van der Waals surface area contributed by atoms with Gasteiger partial charge in [0.15, 0.2) is 5.11 Å². The predicted octanol–water partition coefficient (Wildman–Crippen LogP) is 3.61. The van der Waals surface area contributed by atoms with Gasteiger partial charge >= 0.3 is 0 Å². The topological polar surface area (TPSA) is 24.1 Å². The molecule has 2 N–H and O–H groups in total. The number of thiocarbonyl (C=S) groups is 1. The van der Waals surface area contributed by atoms with Crippen LogP contribution in [0, 0.1) is 11.8 Å². The molecule has 18 heavy (non-hydrogen) atoms. The second-order valence-corrected chi connectivity index (χ2v) is 6.57. The predicted molar refractivity (Wildman–Crippen MR) is 81.7 cm³/mol. The summed E-state index contributed by atoms with van der Waals surface area (Å²) in [6.07, 6.45) is 10.7. The minimum atomic E-state index is 0.596. The first-order valence-corrected chi connectivity index (χ1v) is 8.18. The van der Waals surface area contributed by atoms with Crippen LogP contribution in [0.4, 0.5) is 0 Å². The van der Waals surface area contributed by atoms with Crippen molar-refractivity contribution < 1.29 is 0 Å². The fourth-order valence-corrected chi connectivity index (χ4v) is 3.99. The molecule has 3 heteroatoms. The number of rotatable bonds is 3. The highest BCUT2D eigenvalue weighted by Gasteiger charge is 2.31. The molecule has 2 nitrogen and oxygen atoms in total. The Morgan fingerprint density at radius 2 is 1.78 bits per heavy atom. The third kappa shape index (κ3) is 3.59. The molecule has 0 amide bonds. The van der Waals surface area contributed by atoms with Crippen molar-refractivity contribution in [3.05, 3.63) is 0 Å². The highest BCUT2D eigenvalue weighted by Crippen LogP contribution is 2.33. The molecular weight excluding hydrogens is 240 g/mol. The van der Waals surface area contributed by atoms with E-state index in [1.807, 2.05) is 0 Å². The van der Waals surface area contributed by atoms with Crippen LogP contribution in [0.2, 0.25) is 0 Å². The van der Waals surface area contributed by atoms with E-state index in [1.165, 1.54) is 51.4 Å². The molecule has 0 saturated heterocycles. The van der Waals surface area contributed by atoms with E-state index < -0.39 is 0 Å². The lowest BCUT2D eigenvalue weighted by Gasteiger charge is -2.27. The maximum Gasteiger partial charge on any atom is 0.166 e. The van der Waals surface area contributed by atoms with Gasteiger partial charge in [-0.1, -0.05) is 39.5 Å². The molecule has 2 rings (SSSR count). The molecule has 0 radical (unpaired) electrons. The first kappa shape index (κ1) is 14.1. The van der Waals surface area contributed by atoms with Gasteiger partial charge in [0.25, 0.3) is 0 Å². The fourth-order valence-electron chi connectivity index (χ4n) is 3.67. The van der Waals surface area contributed by atoms with Crippen molar-refractivity contribution in [1.29, 1.82) is 0 Å². The molecule has 0 aromatic rings. The first-order valence-electron chi connectivity index (χ1n) is 7.77. The maximum atomic E-state index is 5.48. The summed E-state index contributed by atoms with van der Waals surface area (Å²) in [7, 11) is 0. The molecule has 0 aromatic carbocycles. The van der Waals surface area contributed by atoms with Gasteiger partial charge in [-0.2, -0.15) is 0 Å². The Hall–Kier alpha value is -0.310. The Bertz CT molecular complexity index is 274. The lowest BCUT2D eigenvalue weighted by atomic mass is 9.93. The second kappa shape index (κ2) is 6.74. The normalized spacial score (nSPS) is 33.3. The fraction of sp³-hybridized carbons (Fsp3) is 0.933. The maximum absolute atomic E-state index is 5.48. The van der Waals surface area contributed by atoms with Crippen molar-refractivity contribution in [1.82, 2.24) is 10.6 Å². The van der Waals surface area contributed by atoms with Crippen LogP contribution in [0.15, 0.2) is 0 Å². The summed E-state index contributed by atoms with van der Waals surface area (Å²) >= 11 is 5.48. The summed E-state index contributed by atoms with van der Waals surface area (Å²) in [5.41, 5.74) is 0. The van der Waals surface area contributed by atoms with Crippen molar-refractivity contribution in [3.8, 4) is 0 Å². The molecule has 2 saturated carbocycles. The molecule has 104 valence electrons. The largest absolute Gasteiger partial charge is 0.360 e. The van der Waals surface area contributed by atoms with Crippen LogP contribution in [-0.4, -0.2) is 17.2 Å². The molecule has 0 heterocycles. The van der Waals surface area contributed by atoms with Crippen LogP contribution in [0.3, 0.4) is 0 Å². The minimum Gasteiger partial charge on any atom is -0.360 e. The van der Waals surface area contributed by atoms with Gasteiger partial charge in [0.1, 0.15) is 0 Å².